The van der Waals surface area contributed by atoms with Crippen LogP contribution in [0.4, 0.5) is 5.69 Å². The number of rotatable bonds is 3. The molecule has 1 aromatic carbocycles. The third-order valence-corrected chi connectivity index (χ3v) is 4.18. The van der Waals surface area contributed by atoms with Crippen molar-refractivity contribution in [1.82, 2.24) is 9.55 Å². The normalized spacial score (nSPS) is 11.5. The molecule has 0 radical (unpaired) electrons. The van der Waals surface area contributed by atoms with Crippen LogP contribution in [0.5, 0.6) is 0 Å². The van der Waals surface area contributed by atoms with Gasteiger partial charge in [-0.05, 0) is 25.1 Å². The first-order valence-corrected chi connectivity index (χ1v) is 7.44. The Hall–Kier alpha value is -1.34. The minimum absolute atomic E-state index is 0.0162. The van der Waals surface area contributed by atoms with E-state index in [2.05, 4.69) is 25.6 Å². The van der Waals surface area contributed by atoms with Gasteiger partial charge in [0.05, 0.1) is 0 Å². The van der Waals surface area contributed by atoms with E-state index in [-0.39, 0.29) is 5.03 Å². The second kappa shape index (κ2) is 4.74. The Balaban J connectivity index is 2.33. The lowest BCUT2D eigenvalue weighted by Crippen LogP contribution is -2.13. The minimum Gasteiger partial charge on any atom is -0.337 e. The second-order valence-electron chi connectivity index (χ2n) is 3.85. The summed E-state index contributed by atoms with van der Waals surface area (Å²) in [5.74, 6) is 0.643. The Morgan fingerprint density at radius 1 is 1.39 bits per heavy atom. The van der Waals surface area contributed by atoms with Crippen molar-refractivity contribution in [3.8, 4) is 0 Å². The van der Waals surface area contributed by atoms with Crippen LogP contribution in [0.1, 0.15) is 5.82 Å². The summed E-state index contributed by atoms with van der Waals surface area (Å²) < 4.78 is 29.1. The van der Waals surface area contributed by atoms with Gasteiger partial charge in [-0.25, -0.2) is 4.98 Å². The number of sulfonamides is 1. The molecule has 0 amide bonds. The molecule has 96 valence electrons. The van der Waals surface area contributed by atoms with Crippen LogP contribution in [0.15, 0.2) is 40.0 Å². The lowest BCUT2D eigenvalue weighted by atomic mass is 10.3. The topological polar surface area (TPSA) is 64.0 Å². The Morgan fingerprint density at radius 3 is 2.67 bits per heavy atom. The van der Waals surface area contributed by atoms with Crippen molar-refractivity contribution in [2.45, 2.75) is 11.9 Å². The maximum atomic E-state index is 12.1. The molecule has 7 heteroatoms. The van der Waals surface area contributed by atoms with E-state index in [1.54, 1.807) is 36.7 Å². The van der Waals surface area contributed by atoms with E-state index in [4.69, 9.17) is 0 Å². The number of hydrogen-bond donors (Lipinski definition) is 1. The molecule has 0 saturated heterocycles. The number of aromatic nitrogens is 2. The lowest BCUT2D eigenvalue weighted by Gasteiger charge is -2.05. The van der Waals surface area contributed by atoms with Gasteiger partial charge in [-0.3, -0.25) is 4.72 Å². The maximum Gasteiger partial charge on any atom is 0.280 e. The van der Waals surface area contributed by atoms with Gasteiger partial charge in [0.15, 0.2) is 5.03 Å². The quantitative estimate of drug-likeness (QED) is 0.939. The SMILES string of the molecule is Cc1nc(S(=O)(=O)Nc2cccc(Br)c2)cn1C. The van der Waals surface area contributed by atoms with Crippen LogP contribution >= 0.6 is 15.9 Å². The zero-order chi connectivity index (χ0) is 13.3. The van der Waals surface area contributed by atoms with Gasteiger partial charge in [0.2, 0.25) is 0 Å². The van der Waals surface area contributed by atoms with Gasteiger partial charge >= 0.3 is 0 Å². The van der Waals surface area contributed by atoms with Crippen molar-refractivity contribution in [2.24, 2.45) is 7.05 Å². The van der Waals surface area contributed by atoms with E-state index in [1.165, 1.54) is 6.20 Å². The number of aryl methyl sites for hydroxylation is 2. The molecule has 1 heterocycles. The molecular weight excluding hydrogens is 318 g/mol. The number of benzene rings is 1. The number of imidazole rings is 1. The summed E-state index contributed by atoms with van der Waals surface area (Å²) in [6.07, 6.45) is 1.48. The molecular formula is C11H12BrN3O2S. The summed E-state index contributed by atoms with van der Waals surface area (Å²) in [5.41, 5.74) is 0.493. The third kappa shape index (κ3) is 2.73. The van der Waals surface area contributed by atoms with E-state index >= 15 is 0 Å². The molecule has 0 unspecified atom stereocenters. The zero-order valence-corrected chi connectivity index (χ0v) is 12.3. The fourth-order valence-electron chi connectivity index (χ4n) is 1.42. The van der Waals surface area contributed by atoms with Crippen LogP contribution in [0.25, 0.3) is 0 Å². The maximum absolute atomic E-state index is 12.1. The van der Waals surface area contributed by atoms with Crippen molar-refractivity contribution in [3.63, 3.8) is 0 Å². The highest BCUT2D eigenvalue weighted by Gasteiger charge is 2.18. The highest BCUT2D eigenvalue weighted by Crippen LogP contribution is 2.19. The van der Waals surface area contributed by atoms with Gasteiger partial charge in [0.1, 0.15) is 5.82 Å². The number of nitrogens with zero attached hydrogens (tertiary/aromatic N) is 2. The molecule has 0 saturated carbocycles. The van der Waals surface area contributed by atoms with E-state index in [1.807, 2.05) is 6.07 Å². The molecule has 2 aromatic rings. The molecule has 0 aliphatic carbocycles. The zero-order valence-electron chi connectivity index (χ0n) is 9.88. The largest absolute Gasteiger partial charge is 0.337 e. The Morgan fingerprint density at radius 2 is 2.11 bits per heavy atom. The molecule has 0 aliphatic heterocycles. The smallest absolute Gasteiger partial charge is 0.280 e. The molecule has 0 aliphatic rings. The van der Waals surface area contributed by atoms with E-state index in [0.29, 0.717) is 11.5 Å². The number of hydrogen-bond acceptors (Lipinski definition) is 3. The van der Waals surface area contributed by atoms with E-state index in [9.17, 15) is 8.42 Å². The third-order valence-electron chi connectivity index (χ3n) is 2.44. The van der Waals surface area contributed by atoms with Crippen molar-refractivity contribution in [2.75, 3.05) is 4.72 Å². The summed E-state index contributed by atoms with van der Waals surface area (Å²) in [7, 11) is -1.88. The standard InChI is InChI=1S/C11H12BrN3O2S/c1-8-13-11(7-15(8)2)18(16,17)14-10-5-3-4-9(12)6-10/h3-7,14H,1-2H3. The average Bonchev–Trinajstić information content (AvgIpc) is 2.59. The molecule has 1 N–H and O–H groups in total. The van der Waals surface area contributed by atoms with Crippen LogP contribution in [0, 0.1) is 6.92 Å². The van der Waals surface area contributed by atoms with E-state index in [0.717, 1.165) is 4.47 Å². The number of halogens is 1. The van der Waals surface area contributed by atoms with Crippen molar-refractivity contribution >= 4 is 31.6 Å². The Labute approximate surface area is 114 Å². The second-order valence-corrected chi connectivity index (χ2v) is 6.40. The Kier molecular flexibility index (Phi) is 3.45. The molecule has 2 rings (SSSR count). The van der Waals surface area contributed by atoms with Gasteiger partial charge in [0, 0.05) is 23.4 Å². The van der Waals surface area contributed by atoms with Crippen molar-refractivity contribution in [1.29, 1.82) is 0 Å². The molecule has 5 nitrogen and oxygen atoms in total. The van der Waals surface area contributed by atoms with Crippen LogP contribution in [0.2, 0.25) is 0 Å². The summed E-state index contributed by atoms with van der Waals surface area (Å²) >= 11 is 3.29. The van der Waals surface area contributed by atoms with E-state index < -0.39 is 10.0 Å². The van der Waals surface area contributed by atoms with Gasteiger partial charge < -0.3 is 4.57 Å². The lowest BCUT2D eigenvalue weighted by molar-refractivity contribution is 0.598. The minimum atomic E-state index is -3.63. The molecule has 0 bridgehead atoms. The number of anilines is 1. The van der Waals surface area contributed by atoms with Gasteiger partial charge in [-0.1, -0.05) is 22.0 Å². The summed E-state index contributed by atoms with van der Waals surface area (Å²) in [6, 6.07) is 6.94. The summed E-state index contributed by atoms with van der Waals surface area (Å²) in [6.45, 7) is 1.75. The molecule has 18 heavy (non-hydrogen) atoms. The average molecular weight is 330 g/mol. The summed E-state index contributed by atoms with van der Waals surface area (Å²) in [4.78, 5) is 4.00. The Bertz CT molecular complexity index is 660. The first kappa shape index (κ1) is 13.1. The fraction of sp³-hybridized carbons (Fsp3) is 0.182. The highest BCUT2D eigenvalue weighted by molar-refractivity contribution is 9.10. The van der Waals surface area contributed by atoms with Gasteiger partial charge in [-0.15, -0.1) is 0 Å². The fourth-order valence-corrected chi connectivity index (χ4v) is 2.91. The van der Waals surface area contributed by atoms with Gasteiger partial charge in [-0.2, -0.15) is 8.42 Å². The highest BCUT2D eigenvalue weighted by atomic mass is 79.9. The van der Waals surface area contributed by atoms with Crippen LogP contribution < -0.4 is 4.72 Å². The predicted octanol–water partition coefficient (Wildman–Crippen LogP) is 2.29. The van der Waals surface area contributed by atoms with Crippen molar-refractivity contribution in [3.05, 3.63) is 40.8 Å². The summed E-state index contributed by atoms with van der Waals surface area (Å²) in [5, 5.41) is 0.0162. The van der Waals surface area contributed by atoms with Gasteiger partial charge in [0.25, 0.3) is 10.0 Å². The number of nitrogens with one attached hydrogen (secondary N) is 1. The monoisotopic (exact) mass is 329 g/mol. The molecule has 1 aromatic heterocycles. The first-order chi connectivity index (χ1) is 8.38. The molecule has 0 fully saturated rings. The van der Waals surface area contributed by atoms with Crippen molar-refractivity contribution < 1.29 is 8.42 Å². The predicted molar refractivity (Wildman–Crippen MR) is 72.9 cm³/mol. The van der Waals surface area contributed by atoms with Crippen LogP contribution in [-0.4, -0.2) is 18.0 Å². The van der Waals surface area contributed by atoms with Crippen LogP contribution in [0.3, 0.4) is 0 Å². The first-order valence-electron chi connectivity index (χ1n) is 5.17. The molecule has 0 atom stereocenters. The molecule has 0 spiro atoms. The van der Waals surface area contributed by atoms with Crippen LogP contribution in [-0.2, 0) is 17.1 Å².